The molecule has 31 heavy (non-hydrogen) atoms. The van der Waals surface area contributed by atoms with Gasteiger partial charge in [-0.3, -0.25) is 14.6 Å². The van der Waals surface area contributed by atoms with Crippen molar-refractivity contribution in [3.63, 3.8) is 0 Å². The molecule has 158 valence electrons. The third kappa shape index (κ3) is 4.12. The fourth-order valence-electron chi connectivity index (χ4n) is 3.85. The van der Waals surface area contributed by atoms with E-state index in [1.165, 1.54) is 17.0 Å². The van der Waals surface area contributed by atoms with Crippen LogP contribution in [0.15, 0.2) is 72.8 Å². The van der Waals surface area contributed by atoms with Crippen LogP contribution >= 0.6 is 0 Å². The summed E-state index contributed by atoms with van der Waals surface area (Å²) in [4.78, 5) is 30.3. The fourth-order valence-corrected chi connectivity index (χ4v) is 3.85. The van der Waals surface area contributed by atoms with Gasteiger partial charge in [-0.25, -0.2) is 8.96 Å². The van der Waals surface area contributed by atoms with E-state index in [1.807, 2.05) is 36.1 Å². The number of likely N-dealkylation sites (tertiary alicyclic amines) is 1. The summed E-state index contributed by atoms with van der Waals surface area (Å²) in [6.45, 7) is 2.89. The summed E-state index contributed by atoms with van der Waals surface area (Å²) in [6.07, 6.45) is 6.09. The molecule has 0 saturated carbocycles. The van der Waals surface area contributed by atoms with E-state index in [0.29, 0.717) is 30.6 Å². The first-order valence-corrected chi connectivity index (χ1v) is 10.1. The van der Waals surface area contributed by atoms with Gasteiger partial charge >= 0.3 is 0 Å². The van der Waals surface area contributed by atoms with Gasteiger partial charge in [-0.2, -0.15) is 0 Å². The number of hydrogen-bond donors (Lipinski definition) is 2. The molecule has 7 heteroatoms. The van der Waals surface area contributed by atoms with E-state index >= 15 is 0 Å². The van der Waals surface area contributed by atoms with Crippen molar-refractivity contribution in [3.8, 4) is 0 Å². The molecule has 2 heterocycles. The smallest absolute Gasteiger partial charge is 0.295 e. The lowest BCUT2D eigenvalue weighted by atomic mass is 9.95. The van der Waals surface area contributed by atoms with E-state index in [0.717, 1.165) is 5.56 Å². The van der Waals surface area contributed by atoms with Crippen LogP contribution in [-0.2, 0) is 16.1 Å². The zero-order valence-corrected chi connectivity index (χ0v) is 17.1. The lowest BCUT2D eigenvalue weighted by Crippen LogP contribution is -2.36. The van der Waals surface area contributed by atoms with Gasteiger partial charge in [0.1, 0.15) is 24.0 Å². The van der Waals surface area contributed by atoms with Crippen molar-refractivity contribution in [1.82, 2.24) is 9.88 Å². The Morgan fingerprint density at radius 1 is 1.13 bits per heavy atom. The molecule has 2 aromatic carbocycles. The highest BCUT2D eigenvalue weighted by Gasteiger charge is 2.45. The highest BCUT2D eigenvalue weighted by molar-refractivity contribution is 6.46. The Morgan fingerprint density at radius 3 is 2.48 bits per heavy atom. The third-order valence-electron chi connectivity index (χ3n) is 5.47. The zero-order valence-electron chi connectivity index (χ0n) is 17.1. The molecule has 1 aromatic heterocycles. The van der Waals surface area contributed by atoms with Gasteiger partial charge in [0.15, 0.2) is 0 Å². The Kier molecular flexibility index (Phi) is 5.66. The number of aromatic nitrogens is 2. The normalized spacial score (nSPS) is 18.0. The summed E-state index contributed by atoms with van der Waals surface area (Å²) in [5.74, 6) is -2.04. The number of nitrogens with one attached hydrogen (secondary N) is 1. The van der Waals surface area contributed by atoms with Crippen LogP contribution in [0.25, 0.3) is 5.76 Å². The number of carbonyl (C=O) groups excluding carboxylic acids is 2. The minimum atomic E-state index is -0.780. The molecule has 1 fully saturated rings. The topological polar surface area (TPSA) is 77.3 Å². The molecule has 0 spiro atoms. The molecule has 0 radical (unpaired) electrons. The van der Waals surface area contributed by atoms with Crippen molar-refractivity contribution in [1.29, 1.82) is 0 Å². The number of rotatable bonds is 6. The van der Waals surface area contributed by atoms with Gasteiger partial charge in [0, 0.05) is 18.5 Å². The lowest BCUT2D eigenvalue weighted by molar-refractivity contribution is -0.695. The van der Waals surface area contributed by atoms with Crippen LogP contribution in [0.2, 0.25) is 0 Å². The molecule has 1 unspecified atom stereocenters. The second-order valence-electron chi connectivity index (χ2n) is 7.61. The summed E-state index contributed by atoms with van der Waals surface area (Å²) >= 11 is 0. The second kappa shape index (κ2) is 8.55. The number of amides is 1. The van der Waals surface area contributed by atoms with Crippen LogP contribution in [0.1, 0.15) is 29.2 Å². The van der Waals surface area contributed by atoms with Crippen molar-refractivity contribution >= 4 is 17.4 Å². The maximum Gasteiger partial charge on any atom is 0.295 e. The van der Waals surface area contributed by atoms with Crippen molar-refractivity contribution in [2.45, 2.75) is 25.9 Å². The van der Waals surface area contributed by atoms with Gasteiger partial charge < -0.3 is 10.0 Å². The number of hydrogen-bond acceptors (Lipinski definition) is 3. The number of aromatic amines is 1. The number of ketones is 1. The lowest BCUT2D eigenvalue weighted by Gasteiger charge is -2.25. The molecule has 2 N–H and O–H groups in total. The minimum Gasteiger partial charge on any atom is -0.507 e. The molecule has 1 amide bonds. The number of halogens is 1. The largest absolute Gasteiger partial charge is 0.507 e. The van der Waals surface area contributed by atoms with Gasteiger partial charge in [0.05, 0.1) is 18.2 Å². The number of aliphatic hydroxyl groups is 1. The number of nitrogens with zero attached hydrogens (tertiary/aromatic N) is 2. The van der Waals surface area contributed by atoms with Crippen LogP contribution in [-0.4, -0.2) is 33.2 Å². The Labute approximate surface area is 179 Å². The van der Waals surface area contributed by atoms with E-state index in [2.05, 4.69) is 4.98 Å². The monoisotopic (exact) mass is 420 g/mol. The summed E-state index contributed by atoms with van der Waals surface area (Å²) in [7, 11) is 0. The molecule has 1 saturated heterocycles. The van der Waals surface area contributed by atoms with E-state index < -0.39 is 23.5 Å². The Bertz CT molecular complexity index is 1120. The number of benzene rings is 2. The van der Waals surface area contributed by atoms with Gasteiger partial charge in [0.25, 0.3) is 11.7 Å². The molecule has 0 aliphatic carbocycles. The number of aryl methyl sites for hydroxylation is 2. The van der Waals surface area contributed by atoms with E-state index in [9.17, 15) is 19.1 Å². The van der Waals surface area contributed by atoms with E-state index in [1.54, 1.807) is 30.5 Å². The molecule has 1 aliphatic rings. The summed E-state index contributed by atoms with van der Waals surface area (Å²) in [5, 5.41) is 11.0. The molecular formula is C24H23FN3O3+. The first-order chi connectivity index (χ1) is 15.0. The number of imidazole rings is 1. The maximum atomic E-state index is 13.5. The highest BCUT2D eigenvalue weighted by atomic mass is 19.1. The van der Waals surface area contributed by atoms with Gasteiger partial charge in [-0.05, 0) is 24.6 Å². The summed E-state index contributed by atoms with van der Waals surface area (Å²) < 4.78 is 15.5. The summed E-state index contributed by atoms with van der Waals surface area (Å²) in [6, 6.07) is 12.0. The van der Waals surface area contributed by atoms with Crippen LogP contribution < -0.4 is 4.57 Å². The first kappa shape index (κ1) is 20.5. The van der Waals surface area contributed by atoms with Gasteiger partial charge in [-0.15, -0.1) is 0 Å². The molecule has 3 aromatic rings. The Morgan fingerprint density at radius 2 is 1.84 bits per heavy atom. The standard InChI is InChI=1S/C24H22FN3O3/c1-16-3-5-18(6-4-16)22(29)20-21(17-7-9-19(25)10-8-17)28(24(31)23(20)30)13-2-12-27-14-11-26-15-27/h3-11,14-15,21H,2,12-13H2,1H3,(H,29,30)/p+1. The second-order valence-corrected chi connectivity index (χ2v) is 7.61. The quantitative estimate of drug-likeness (QED) is 0.278. The maximum absolute atomic E-state index is 13.5. The predicted molar refractivity (Wildman–Crippen MR) is 112 cm³/mol. The van der Waals surface area contributed by atoms with Gasteiger partial charge in [-0.1, -0.05) is 42.0 Å². The third-order valence-corrected chi connectivity index (χ3v) is 5.47. The van der Waals surface area contributed by atoms with Gasteiger partial charge in [0.2, 0.25) is 6.33 Å². The van der Waals surface area contributed by atoms with E-state index in [-0.39, 0.29) is 11.3 Å². The molecular weight excluding hydrogens is 397 g/mol. The van der Waals surface area contributed by atoms with Crippen molar-refractivity contribution in [2.24, 2.45) is 0 Å². The van der Waals surface area contributed by atoms with Crippen LogP contribution in [0.5, 0.6) is 0 Å². The van der Waals surface area contributed by atoms with Crippen molar-refractivity contribution in [2.75, 3.05) is 6.54 Å². The predicted octanol–water partition coefficient (Wildman–Crippen LogP) is 3.26. The number of Topliss-reactive ketones (excluding diaryl/α,β-unsaturated/α-hetero) is 1. The number of carbonyl (C=O) groups is 2. The zero-order chi connectivity index (χ0) is 22.0. The van der Waals surface area contributed by atoms with Crippen LogP contribution in [0.3, 0.4) is 0 Å². The molecule has 4 rings (SSSR count). The molecule has 1 aliphatic heterocycles. The van der Waals surface area contributed by atoms with E-state index in [4.69, 9.17) is 0 Å². The number of H-pyrrole nitrogens is 1. The minimum absolute atomic E-state index is 0.0229. The summed E-state index contributed by atoms with van der Waals surface area (Å²) in [5.41, 5.74) is 2.06. The van der Waals surface area contributed by atoms with Crippen LogP contribution in [0.4, 0.5) is 4.39 Å². The highest BCUT2D eigenvalue weighted by Crippen LogP contribution is 2.39. The van der Waals surface area contributed by atoms with Crippen LogP contribution in [0, 0.1) is 12.7 Å². The first-order valence-electron chi connectivity index (χ1n) is 10.1. The molecule has 6 nitrogen and oxygen atoms in total. The van der Waals surface area contributed by atoms with Crippen molar-refractivity contribution in [3.05, 3.63) is 95.3 Å². The van der Waals surface area contributed by atoms with Crippen molar-refractivity contribution < 1.29 is 23.7 Å². The SMILES string of the molecule is Cc1ccc(C(O)=C2C(=O)C(=O)N(CCC[n+]3cc[nH]c3)C2c2ccc(F)cc2)cc1. The average Bonchev–Trinajstić information content (AvgIpc) is 3.37. The average molecular weight is 420 g/mol. The fraction of sp³-hybridized carbons (Fsp3) is 0.208. The Balaban J connectivity index is 1.72. The molecule has 0 bridgehead atoms. The Hall–Kier alpha value is -3.74. The number of aliphatic hydroxyl groups excluding tert-OH is 1. The molecule has 1 atom stereocenters.